The van der Waals surface area contributed by atoms with E-state index in [1.165, 1.54) is 6.07 Å². The minimum atomic E-state index is -0.845. The van der Waals surface area contributed by atoms with Gasteiger partial charge >= 0.3 is 7.12 Å². The number of nitro benzene ring substituents is 1. The molecule has 0 unspecified atom stereocenters. The molecule has 1 aromatic rings. The van der Waals surface area contributed by atoms with Gasteiger partial charge in [-0.25, -0.2) is 0 Å². The Balaban J connectivity index is 2.53. The Morgan fingerprint density at radius 1 is 1.29 bits per heavy atom. The number of rotatable bonds is 2. The highest BCUT2D eigenvalue weighted by Crippen LogP contribution is 2.37. The number of nitro groups is 1. The Labute approximate surface area is 122 Å². The van der Waals surface area contributed by atoms with Gasteiger partial charge in [-0.15, -0.1) is 0 Å². The summed E-state index contributed by atoms with van der Waals surface area (Å²) < 4.78 is 11.7. The van der Waals surface area contributed by atoms with E-state index in [-0.39, 0.29) is 16.9 Å². The average Bonchev–Trinajstić information content (AvgIpc) is 2.58. The predicted molar refractivity (Wildman–Crippen MR) is 77.9 cm³/mol. The minimum Gasteiger partial charge on any atom is -0.399 e. The van der Waals surface area contributed by atoms with E-state index >= 15 is 0 Å². The number of hydrogen-bond donors (Lipinski definition) is 1. The second-order valence-corrected chi connectivity index (χ2v) is 5.95. The van der Waals surface area contributed by atoms with Gasteiger partial charge in [0.25, 0.3) is 5.69 Å². The molecule has 0 amide bonds. The topological polar surface area (TPSA) is 111 Å². The molecule has 1 aromatic carbocycles. The van der Waals surface area contributed by atoms with Crippen molar-refractivity contribution >= 4 is 24.0 Å². The molecule has 1 aliphatic heterocycles. The lowest BCUT2D eigenvalue weighted by Gasteiger charge is -2.32. The summed E-state index contributed by atoms with van der Waals surface area (Å²) >= 11 is 0. The van der Waals surface area contributed by atoms with Crippen molar-refractivity contribution < 1.29 is 14.2 Å². The maximum absolute atomic E-state index is 11.0. The van der Waals surface area contributed by atoms with Gasteiger partial charge in [-0.1, -0.05) is 0 Å². The summed E-state index contributed by atoms with van der Waals surface area (Å²) in [6, 6.07) is 4.29. The molecular weight excluding hydrogens is 273 g/mol. The van der Waals surface area contributed by atoms with Gasteiger partial charge in [0.2, 0.25) is 0 Å². The predicted octanol–water partition coefficient (Wildman–Crippen LogP) is 1.35. The molecular formula is C13H16BN3O4. The van der Waals surface area contributed by atoms with E-state index in [2.05, 4.69) is 0 Å². The van der Waals surface area contributed by atoms with Crippen molar-refractivity contribution in [3.63, 3.8) is 0 Å². The lowest BCUT2D eigenvalue weighted by molar-refractivity contribution is -0.384. The van der Waals surface area contributed by atoms with Gasteiger partial charge in [-0.2, -0.15) is 5.26 Å². The molecule has 7 nitrogen and oxygen atoms in total. The first-order valence-electron chi connectivity index (χ1n) is 6.42. The van der Waals surface area contributed by atoms with Gasteiger partial charge in [-0.05, 0) is 27.7 Å². The molecule has 0 atom stereocenters. The van der Waals surface area contributed by atoms with Crippen LogP contribution < -0.4 is 11.2 Å². The molecule has 8 heteroatoms. The van der Waals surface area contributed by atoms with Gasteiger partial charge in [0, 0.05) is 23.3 Å². The molecule has 1 aliphatic rings. The van der Waals surface area contributed by atoms with Crippen LogP contribution in [0.1, 0.15) is 33.3 Å². The normalized spacial score (nSPS) is 19.3. The van der Waals surface area contributed by atoms with Crippen LogP contribution in [0, 0.1) is 21.4 Å². The first-order valence-corrected chi connectivity index (χ1v) is 6.42. The van der Waals surface area contributed by atoms with Crippen LogP contribution in [0.4, 0.5) is 11.4 Å². The number of non-ortho nitro benzene ring substituents is 1. The molecule has 0 spiro atoms. The summed E-state index contributed by atoms with van der Waals surface area (Å²) in [7, 11) is -0.845. The Kier molecular flexibility index (Phi) is 3.44. The number of hydrogen-bond acceptors (Lipinski definition) is 6. The van der Waals surface area contributed by atoms with Crippen LogP contribution in [0.25, 0.3) is 0 Å². The number of nitrogens with zero attached hydrogens (tertiary/aromatic N) is 2. The summed E-state index contributed by atoms with van der Waals surface area (Å²) in [5.41, 5.74) is 4.99. The highest BCUT2D eigenvalue weighted by Gasteiger charge is 2.52. The summed E-state index contributed by atoms with van der Waals surface area (Å²) in [6.07, 6.45) is 0. The fourth-order valence-electron chi connectivity index (χ4n) is 2.02. The molecule has 110 valence electrons. The molecule has 0 bridgehead atoms. The second-order valence-electron chi connectivity index (χ2n) is 5.95. The molecule has 0 aliphatic carbocycles. The Bertz CT molecular complexity index is 636. The monoisotopic (exact) mass is 289 g/mol. The Morgan fingerprint density at radius 3 is 2.24 bits per heavy atom. The van der Waals surface area contributed by atoms with Crippen molar-refractivity contribution in [1.82, 2.24) is 0 Å². The number of anilines is 1. The third kappa shape index (κ3) is 2.46. The fourth-order valence-corrected chi connectivity index (χ4v) is 2.02. The van der Waals surface area contributed by atoms with Gasteiger partial charge < -0.3 is 15.0 Å². The van der Waals surface area contributed by atoms with E-state index in [1.54, 1.807) is 0 Å². The molecule has 2 N–H and O–H groups in total. The van der Waals surface area contributed by atoms with Crippen LogP contribution in [0.3, 0.4) is 0 Å². The summed E-state index contributed by atoms with van der Waals surface area (Å²) in [6.45, 7) is 7.47. The van der Waals surface area contributed by atoms with Crippen LogP contribution in [0.15, 0.2) is 12.1 Å². The third-order valence-corrected chi connectivity index (χ3v) is 4.04. The van der Waals surface area contributed by atoms with Crippen molar-refractivity contribution in [2.24, 2.45) is 0 Å². The van der Waals surface area contributed by atoms with Crippen LogP contribution in [-0.4, -0.2) is 23.2 Å². The Morgan fingerprint density at radius 2 is 1.81 bits per heavy atom. The number of nitriles is 1. The number of nitrogens with two attached hydrogens (primary N) is 1. The Hall–Kier alpha value is -2.11. The summed E-state index contributed by atoms with van der Waals surface area (Å²) in [4.78, 5) is 10.4. The quantitative estimate of drug-likeness (QED) is 0.380. The molecule has 1 saturated heterocycles. The molecule has 1 fully saturated rings. The van der Waals surface area contributed by atoms with Crippen molar-refractivity contribution in [2.45, 2.75) is 38.9 Å². The highest BCUT2D eigenvalue weighted by atomic mass is 16.7. The number of nitrogen functional groups attached to an aromatic ring is 1. The zero-order chi connectivity index (χ0) is 16.0. The average molecular weight is 289 g/mol. The van der Waals surface area contributed by atoms with Crippen LogP contribution in [0.5, 0.6) is 0 Å². The zero-order valence-corrected chi connectivity index (χ0v) is 12.3. The van der Waals surface area contributed by atoms with E-state index in [0.717, 1.165) is 6.07 Å². The third-order valence-electron chi connectivity index (χ3n) is 4.04. The van der Waals surface area contributed by atoms with Crippen molar-refractivity contribution in [1.29, 1.82) is 5.26 Å². The molecule has 2 rings (SSSR count). The van der Waals surface area contributed by atoms with E-state index in [0.29, 0.717) is 5.46 Å². The second kappa shape index (κ2) is 4.72. The largest absolute Gasteiger partial charge is 0.497 e. The van der Waals surface area contributed by atoms with E-state index in [1.807, 2.05) is 33.8 Å². The summed E-state index contributed by atoms with van der Waals surface area (Å²) in [5, 5.41) is 20.0. The lowest BCUT2D eigenvalue weighted by Crippen LogP contribution is -2.41. The van der Waals surface area contributed by atoms with E-state index < -0.39 is 23.2 Å². The van der Waals surface area contributed by atoms with Crippen LogP contribution in [0.2, 0.25) is 0 Å². The minimum absolute atomic E-state index is 0.0360. The summed E-state index contributed by atoms with van der Waals surface area (Å²) in [5.74, 6) is 0. The van der Waals surface area contributed by atoms with Gasteiger partial charge in [0.05, 0.1) is 21.7 Å². The van der Waals surface area contributed by atoms with E-state index in [4.69, 9.17) is 20.3 Å². The SMILES string of the molecule is CC1(C)OB(c2cc([N+](=O)[O-])cc(C#N)c2N)OC1(C)C. The van der Waals surface area contributed by atoms with Gasteiger partial charge in [0.1, 0.15) is 6.07 Å². The first kappa shape index (κ1) is 15.3. The number of benzene rings is 1. The van der Waals surface area contributed by atoms with Gasteiger partial charge in [-0.3, -0.25) is 10.1 Å². The fraction of sp³-hybridized carbons (Fsp3) is 0.462. The van der Waals surface area contributed by atoms with E-state index in [9.17, 15) is 10.1 Å². The van der Waals surface area contributed by atoms with Crippen molar-refractivity contribution in [3.05, 3.63) is 27.8 Å². The van der Waals surface area contributed by atoms with Crippen LogP contribution in [-0.2, 0) is 9.31 Å². The standard InChI is InChI=1S/C13H16BN3O4/c1-12(2)13(3,4)21-14(20-12)10-6-9(17(18)19)5-8(7-15)11(10)16/h5-6H,16H2,1-4H3. The molecule has 21 heavy (non-hydrogen) atoms. The van der Waals surface area contributed by atoms with Crippen molar-refractivity contribution in [3.8, 4) is 6.07 Å². The molecule has 0 aromatic heterocycles. The zero-order valence-electron chi connectivity index (χ0n) is 12.3. The maximum Gasteiger partial charge on any atom is 0.497 e. The molecule has 0 saturated carbocycles. The lowest BCUT2D eigenvalue weighted by atomic mass is 9.76. The maximum atomic E-state index is 11.0. The highest BCUT2D eigenvalue weighted by molar-refractivity contribution is 6.64. The first-order chi connectivity index (χ1) is 9.59. The molecule has 0 radical (unpaired) electrons. The molecule has 1 heterocycles. The van der Waals surface area contributed by atoms with Crippen molar-refractivity contribution in [2.75, 3.05) is 5.73 Å². The van der Waals surface area contributed by atoms with Crippen LogP contribution >= 0.6 is 0 Å². The van der Waals surface area contributed by atoms with Gasteiger partial charge in [0.15, 0.2) is 0 Å². The smallest absolute Gasteiger partial charge is 0.399 e.